The lowest BCUT2D eigenvalue weighted by Gasteiger charge is -2.34. The summed E-state index contributed by atoms with van der Waals surface area (Å²) in [4.78, 5) is 37.0. The Morgan fingerprint density at radius 2 is 0.933 bits per heavy atom. The quantitative estimate of drug-likeness (QED) is 0.0261. The first kappa shape index (κ1) is 57.0. The number of unbranched alkanes of at least 4 members (excludes halogenated alkanes) is 19. The monoisotopic (exact) mass is 842 g/mol. The van der Waals surface area contributed by atoms with E-state index in [1.807, 2.05) is 0 Å². The Bertz CT molecular complexity index is 1170. The molecule has 0 spiro atoms. The van der Waals surface area contributed by atoms with Crippen LogP contribution in [-0.4, -0.2) is 75.5 Å². The predicted molar refractivity (Wildman–Crippen MR) is 249 cm³/mol. The number of aliphatic carboxylic acids is 1. The van der Waals surface area contributed by atoms with Crippen LogP contribution >= 0.6 is 0 Å². The Kier molecular flexibility index (Phi) is 40.6. The molecule has 346 valence electrons. The third-order valence-corrected chi connectivity index (χ3v) is 10.6. The molecule has 60 heavy (non-hydrogen) atoms. The summed E-state index contributed by atoms with van der Waals surface area (Å²) >= 11 is 0. The first-order valence-electron chi connectivity index (χ1n) is 24.3. The van der Waals surface area contributed by atoms with Gasteiger partial charge in [-0.25, -0.2) is 0 Å². The van der Waals surface area contributed by atoms with Gasteiger partial charge >= 0.3 is 11.9 Å². The molecule has 0 bridgehead atoms. The molecule has 0 aromatic heterocycles. The van der Waals surface area contributed by atoms with E-state index in [0.29, 0.717) is 12.8 Å². The molecular formula is C52H91NO7. The Morgan fingerprint density at radius 3 is 1.38 bits per heavy atom. The lowest BCUT2D eigenvalue weighted by Crippen LogP contribution is -2.55. The number of likely N-dealkylation sites (N-methyl/N-ethyl adjacent to an activating group) is 1. The van der Waals surface area contributed by atoms with E-state index in [-0.39, 0.29) is 42.7 Å². The van der Waals surface area contributed by atoms with E-state index in [1.165, 1.54) is 89.9 Å². The van der Waals surface area contributed by atoms with Crippen molar-refractivity contribution in [3.63, 3.8) is 0 Å². The van der Waals surface area contributed by atoms with Crippen LogP contribution in [0.25, 0.3) is 0 Å². The highest BCUT2D eigenvalue weighted by atomic mass is 16.6. The van der Waals surface area contributed by atoms with Gasteiger partial charge < -0.3 is 28.6 Å². The fourth-order valence-corrected chi connectivity index (χ4v) is 6.88. The zero-order valence-corrected chi connectivity index (χ0v) is 39.4. The summed E-state index contributed by atoms with van der Waals surface area (Å²) in [5.41, 5.74) is 0. The standard InChI is InChI=1S/C52H91NO7/c1-6-8-10-12-14-16-18-20-22-23-24-25-26-27-28-29-31-33-35-37-39-41-43-51(55)60-48(46-58-45-44-49(52(56)57)53(3,4)5)47-59-50(54)42-40-38-36-34-32-30-21-19-17-15-13-11-9-7-2/h9,11,14-17,20,22,24-25,48-49H,6-8,10,12-13,18-19,21,23,26-47H2,1-5H3/b11-9+,16-14+,17-15+,22-20+,25-24+. The molecule has 0 fully saturated rings. The molecule has 0 saturated carbocycles. The van der Waals surface area contributed by atoms with Crippen molar-refractivity contribution >= 4 is 17.9 Å². The molecule has 0 aliphatic heterocycles. The number of esters is 2. The van der Waals surface area contributed by atoms with Gasteiger partial charge in [0, 0.05) is 19.3 Å². The SMILES string of the molecule is CC/C=C/C/C=C/CCCCCCCCCC(=O)OCC(COCCC(C(=O)[O-])[N+](C)(C)C)OC(=O)CCCCCCCCCCC/C=C/C/C=C/C/C=C/CCCCC. The minimum absolute atomic E-state index is 0.0343. The van der Waals surface area contributed by atoms with Crippen LogP contribution in [0.2, 0.25) is 0 Å². The Morgan fingerprint density at radius 1 is 0.517 bits per heavy atom. The average molecular weight is 842 g/mol. The molecule has 0 aromatic carbocycles. The second-order valence-corrected chi connectivity index (χ2v) is 17.3. The van der Waals surface area contributed by atoms with Crippen LogP contribution in [0.15, 0.2) is 60.8 Å². The fraction of sp³-hybridized carbons (Fsp3) is 0.750. The molecule has 0 saturated heterocycles. The van der Waals surface area contributed by atoms with E-state index in [1.54, 1.807) is 21.1 Å². The number of rotatable bonds is 43. The molecule has 0 rings (SSSR count). The van der Waals surface area contributed by atoms with Gasteiger partial charge in [0.05, 0.1) is 40.3 Å². The lowest BCUT2D eigenvalue weighted by molar-refractivity contribution is -0.889. The second kappa shape index (κ2) is 42.7. The van der Waals surface area contributed by atoms with Gasteiger partial charge in [0.1, 0.15) is 12.6 Å². The fourth-order valence-electron chi connectivity index (χ4n) is 6.88. The minimum atomic E-state index is -1.13. The van der Waals surface area contributed by atoms with Crippen LogP contribution in [0.4, 0.5) is 0 Å². The molecule has 8 nitrogen and oxygen atoms in total. The molecule has 2 atom stereocenters. The summed E-state index contributed by atoms with van der Waals surface area (Å²) < 4.78 is 17.2. The molecule has 0 aromatic rings. The van der Waals surface area contributed by atoms with Crippen molar-refractivity contribution in [1.29, 1.82) is 0 Å². The molecule has 0 aliphatic rings. The van der Waals surface area contributed by atoms with Gasteiger partial charge in [-0.05, 0) is 77.0 Å². The number of carboxylic acids is 1. The van der Waals surface area contributed by atoms with Crippen LogP contribution in [0.3, 0.4) is 0 Å². The normalized spacial score (nSPS) is 13.4. The average Bonchev–Trinajstić information content (AvgIpc) is 3.21. The summed E-state index contributed by atoms with van der Waals surface area (Å²) in [5, 5.41) is 11.6. The van der Waals surface area contributed by atoms with Gasteiger partial charge in [-0.3, -0.25) is 9.59 Å². The predicted octanol–water partition coefficient (Wildman–Crippen LogP) is 12.4. The first-order valence-corrected chi connectivity index (χ1v) is 24.3. The van der Waals surface area contributed by atoms with Crippen molar-refractivity contribution in [2.75, 3.05) is 41.0 Å². The summed E-state index contributed by atoms with van der Waals surface area (Å²) in [6, 6.07) is -0.730. The number of hydrogen-bond acceptors (Lipinski definition) is 7. The molecule has 0 N–H and O–H groups in total. The molecular weight excluding hydrogens is 751 g/mol. The first-order chi connectivity index (χ1) is 29.1. The maximum absolute atomic E-state index is 12.8. The van der Waals surface area contributed by atoms with E-state index in [4.69, 9.17) is 14.2 Å². The number of ether oxygens (including phenoxy) is 3. The highest BCUT2D eigenvalue weighted by Gasteiger charge is 2.25. The van der Waals surface area contributed by atoms with Gasteiger partial charge in [0.15, 0.2) is 6.10 Å². The van der Waals surface area contributed by atoms with Crippen molar-refractivity contribution in [2.24, 2.45) is 0 Å². The summed E-state index contributed by atoms with van der Waals surface area (Å²) in [6.07, 6.45) is 52.4. The lowest BCUT2D eigenvalue weighted by atomic mass is 10.1. The largest absolute Gasteiger partial charge is 0.544 e. The Labute approximate surface area is 368 Å². The zero-order valence-electron chi connectivity index (χ0n) is 39.4. The zero-order chi connectivity index (χ0) is 44.2. The van der Waals surface area contributed by atoms with E-state index in [2.05, 4.69) is 74.6 Å². The van der Waals surface area contributed by atoms with Crippen LogP contribution in [0.5, 0.6) is 0 Å². The second-order valence-electron chi connectivity index (χ2n) is 17.3. The summed E-state index contributed by atoms with van der Waals surface area (Å²) in [5.74, 6) is -1.75. The maximum Gasteiger partial charge on any atom is 0.306 e. The number of quaternary nitrogens is 1. The topological polar surface area (TPSA) is 102 Å². The number of carbonyl (C=O) groups excluding carboxylic acids is 3. The summed E-state index contributed by atoms with van der Waals surface area (Å²) in [6.45, 7) is 4.52. The van der Waals surface area contributed by atoms with Gasteiger partial charge in [0.2, 0.25) is 0 Å². The van der Waals surface area contributed by atoms with Gasteiger partial charge in [0.25, 0.3) is 0 Å². The molecule has 0 aliphatic carbocycles. The number of carboxylic acid groups (broad SMARTS) is 1. The number of nitrogens with zero attached hydrogens (tertiary/aromatic N) is 1. The molecule has 0 amide bonds. The Balaban J connectivity index is 4.27. The van der Waals surface area contributed by atoms with Gasteiger partial charge in [-0.2, -0.15) is 0 Å². The van der Waals surface area contributed by atoms with Crippen LogP contribution in [-0.2, 0) is 28.6 Å². The van der Waals surface area contributed by atoms with Gasteiger partial charge in [-0.1, -0.05) is 164 Å². The van der Waals surface area contributed by atoms with Crippen molar-refractivity contribution < 1.29 is 38.2 Å². The highest BCUT2D eigenvalue weighted by Crippen LogP contribution is 2.14. The van der Waals surface area contributed by atoms with E-state index in [9.17, 15) is 19.5 Å². The van der Waals surface area contributed by atoms with Crippen molar-refractivity contribution in [1.82, 2.24) is 0 Å². The molecule has 0 heterocycles. The Hall–Kier alpha value is -2.97. The van der Waals surface area contributed by atoms with Crippen LogP contribution in [0, 0.1) is 0 Å². The third-order valence-electron chi connectivity index (χ3n) is 10.6. The molecule has 2 unspecified atom stereocenters. The molecule has 0 radical (unpaired) electrons. The summed E-state index contributed by atoms with van der Waals surface area (Å²) in [7, 11) is 5.40. The van der Waals surface area contributed by atoms with E-state index >= 15 is 0 Å². The smallest absolute Gasteiger partial charge is 0.306 e. The van der Waals surface area contributed by atoms with Crippen LogP contribution in [0.1, 0.15) is 200 Å². The van der Waals surface area contributed by atoms with E-state index in [0.717, 1.165) is 77.0 Å². The maximum atomic E-state index is 12.8. The van der Waals surface area contributed by atoms with Crippen molar-refractivity contribution in [3.8, 4) is 0 Å². The van der Waals surface area contributed by atoms with E-state index < -0.39 is 18.1 Å². The number of hydrogen-bond donors (Lipinski definition) is 0. The number of allylic oxidation sites excluding steroid dienone is 10. The van der Waals surface area contributed by atoms with Crippen molar-refractivity contribution in [2.45, 2.75) is 212 Å². The number of carbonyl (C=O) groups is 3. The van der Waals surface area contributed by atoms with Crippen LogP contribution < -0.4 is 5.11 Å². The van der Waals surface area contributed by atoms with Gasteiger partial charge in [-0.15, -0.1) is 0 Å². The molecule has 8 heteroatoms. The third kappa shape index (κ3) is 40.4. The van der Waals surface area contributed by atoms with Crippen molar-refractivity contribution in [3.05, 3.63) is 60.8 Å². The highest BCUT2D eigenvalue weighted by molar-refractivity contribution is 5.70. The minimum Gasteiger partial charge on any atom is -0.544 e.